The van der Waals surface area contributed by atoms with Crippen molar-refractivity contribution in [2.75, 3.05) is 31.6 Å². The molecule has 0 aromatic heterocycles. The summed E-state index contributed by atoms with van der Waals surface area (Å²) >= 11 is 1.68. The summed E-state index contributed by atoms with van der Waals surface area (Å²) in [6.07, 6.45) is 2.01. The quantitative estimate of drug-likeness (QED) is 0.925. The molecule has 1 saturated heterocycles. The van der Waals surface area contributed by atoms with E-state index in [2.05, 4.69) is 5.32 Å². The third-order valence-corrected chi connectivity index (χ3v) is 4.43. The number of hydrogen-bond donors (Lipinski definition) is 1. The molecular weight excluding hydrogens is 275 g/mol. The van der Waals surface area contributed by atoms with E-state index in [0.717, 1.165) is 17.9 Å². The number of hydrogen-bond acceptors (Lipinski definition) is 3. The number of carbonyl (C=O) groups excluding carboxylic acids is 1. The van der Waals surface area contributed by atoms with E-state index in [0.29, 0.717) is 13.1 Å². The summed E-state index contributed by atoms with van der Waals surface area (Å²) in [4.78, 5) is 14.4. The highest BCUT2D eigenvalue weighted by molar-refractivity contribution is 7.98. The van der Waals surface area contributed by atoms with E-state index in [-0.39, 0.29) is 23.7 Å². The van der Waals surface area contributed by atoms with Gasteiger partial charge in [-0.3, -0.25) is 4.79 Å². The second-order valence-corrected chi connectivity index (χ2v) is 6.07. The van der Waals surface area contributed by atoms with Crippen LogP contribution in [0.2, 0.25) is 0 Å². The van der Waals surface area contributed by atoms with E-state index < -0.39 is 0 Å². The molecule has 1 heterocycles. The maximum absolute atomic E-state index is 13.4. The van der Waals surface area contributed by atoms with Crippen molar-refractivity contribution in [2.24, 2.45) is 5.92 Å². The smallest absolute Gasteiger partial charge is 0.226 e. The number of nitrogens with one attached hydrogen (secondary N) is 1. The third kappa shape index (κ3) is 3.52. The van der Waals surface area contributed by atoms with E-state index in [4.69, 9.17) is 0 Å². The van der Waals surface area contributed by atoms with Crippen LogP contribution in [0.3, 0.4) is 0 Å². The molecule has 0 aliphatic carbocycles. The summed E-state index contributed by atoms with van der Waals surface area (Å²) in [5.74, 6) is 0.727. The van der Waals surface area contributed by atoms with Gasteiger partial charge in [0, 0.05) is 31.3 Å². The number of carbonyl (C=O) groups is 1. The second kappa shape index (κ2) is 7.09. The molecule has 2 rings (SSSR count). The molecule has 2 atom stereocenters. The minimum atomic E-state index is -0.252. The molecule has 3 nitrogen and oxygen atoms in total. The molecule has 110 valence electrons. The zero-order chi connectivity index (χ0) is 14.5. The normalized spacial score (nSPS) is 20.8. The largest absolute Gasteiger partial charge is 0.333 e. The van der Waals surface area contributed by atoms with Crippen LogP contribution in [0.1, 0.15) is 18.5 Å². The van der Waals surface area contributed by atoms with Gasteiger partial charge in [0.25, 0.3) is 0 Å². The molecule has 0 spiro atoms. The Hall–Kier alpha value is -1.07. The Balaban J connectivity index is 2.19. The average Bonchev–Trinajstić information content (AvgIpc) is 2.47. The molecule has 1 aromatic rings. The maximum Gasteiger partial charge on any atom is 0.226 e. The minimum absolute atomic E-state index is 0.000779. The summed E-state index contributed by atoms with van der Waals surface area (Å²) in [7, 11) is 0. The van der Waals surface area contributed by atoms with E-state index in [1.54, 1.807) is 17.8 Å². The number of halogens is 1. The lowest BCUT2D eigenvalue weighted by Gasteiger charge is -2.38. The Morgan fingerprint density at radius 2 is 2.40 bits per heavy atom. The standard InChI is InChI=1S/C15H21FN2OS/c1-11(10-20-2)15(19)18-7-6-17-9-14(18)12-4-3-5-13(16)8-12/h3-5,8,11,14,17H,6-7,9-10H2,1-2H3. The van der Waals surface area contributed by atoms with Crippen LogP contribution in [0.4, 0.5) is 4.39 Å². The number of thioether (sulfide) groups is 1. The van der Waals surface area contributed by atoms with Gasteiger partial charge in [-0.15, -0.1) is 0 Å². The predicted molar refractivity (Wildman–Crippen MR) is 81.3 cm³/mol. The van der Waals surface area contributed by atoms with Crippen molar-refractivity contribution in [3.8, 4) is 0 Å². The van der Waals surface area contributed by atoms with Crippen molar-refractivity contribution >= 4 is 17.7 Å². The van der Waals surface area contributed by atoms with E-state index in [1.807, 2.05) is 24.1 Å². The number of benzene rings is 1. The number of nitrogens with zero attached hydrogens (tertiary/aromatic N) is 1. The molecule has 1 fully saturated rings. The Morgan fingerprint density at radius 3 is 3.10 bits per heavy atom. The number of piperazine rings is 1. The van der Waals surface area contributed by atoms with Gasteiger partial charge < -0.3 is 10.2 Å². The van der Waals surface area contributed by atoms with Gasteiger partial charge in [0.05, 0.1) is 6.04 Å². The zero-order valence-electron chi connectivity index (χ0n) is 11.9. The molecule has 2 unspecified atom stereocenters. The van der Waals surface area contributed by atoms with Gasteiger partial charge in [-0.25, -0.2) is 4.39 Å². The lowest BCUT2D eigenvalue weighted by atomic mass is 10.0. The Labute approximate surface area is 123 Å². The molecule has 1 aromatic carbocycles. The maximum atomic E-state index is 13.4. The average molecular weight is 296 g/mol. The van der Waals surface area contributed by atoms with Crippen LogP contribution in [0.5, 0.6) is 0 Å². The first-order valence-electron chi connectivity index (χ1n) is 6.89. The third-order valence-electron chi connectivity index (χ3n) is 3.60. The van der Waals surface area contributed by atoms with Crippen LogP contribution in [-0.4, -0.2) is 42.4 Å². The molecule has 1 aliphatic heterocycles. The molecule has 20 heavy (non-hydrogen) atoms. The van der Waals surface area contributed by atoms with Gasteiger partial charge in [-0.05, 0) is 24.0 Å². The molecule has 1 N–H and O–H groups in total. The van der Waals surface area contributed by atoms with E-state index in [9.17, 15) is 9.18 Å². The molecular formula is C15H21FN2OS. The predicted octanol–water partition coefficient (Wildman–Crippen LogP) is 2.30. The van der Waals surface area contributed by atoms with Crippen LogP contribution in [0.15, 0.2) is 24.3 Å². The highest BCUT2D eigenvalue weighted by atomic mass is 32.2. The molecule has 0 radical (unpaired) electrons. The lowest BCUT2D eigenvalue weighted by molar-refractivity contribution is -0.137. The first-order valence-corrected chi connectivity index (χ1v) is 8.28. The van der Waals surface area contributed by atoms with Crippen molar-refractivity contribution in [2.45, 2.75) is 13.0 Å². The fourth-order valence-electron chi connectivity index (χ4n) is 2.58. The Kier molecular flexibility index (Phi) is 5.43. The Bertz CT molecular complexity index is 469. The summed E-state index contributed by atoms with van der Waals surface area (Å²) in [5.41, 5.74) is 0.863. The monoisotopic (exact) mass is 296 g/mol. The molecule has 5 heteroatoms. The summed E-state index contributed by atoms with van der Waals surface area (Å²) < 4.78 is 13.4. The van der Waals surface area contributed by atoms with Crippen molar-refractivity contribution in [1.29, 1.82) is 0 Å². The van der Waals surface area contributed by atoms with Gasteiger partial charge in [0.1, 0.15) is 5.82 Å². The van der Waals surface area contributed by atoms with Crippen molar-refractivity contribution < 1.29 is 9.18 Å². The van der Waals surface area contributed by atoms with Gasteiger partial charge in [0.2, 0.25) is 5.91 Å². The van der Waals surface area contributed by atoms with Gasteiger partial charge in [-0.2, -0.15) is 11.8 Å². The fourth-order valence-corrected chi connectivity index (χ4v) is 3.23. The topological polar surface area (TPSA) is 32.3 Å². The number of rotatable bonds is 4. The SMILES string of the molecule is CSCC(C)C(=O)N1CCNCC1c1cccc(F)c1. The first-order chi connectivity index (χ1) is 9.63. The number of amides is 1. The van der Waals surface area contributed by atoms with E-state index in [1.165, 1.54) is 12.1 Å². The highest BCUT2D eigenvalue weighted by Crippen LogP contribution is 2.25. The van der Waals surface area contributed by atoms with Crippen molar-refractivity contribution in [1.82, 2.24) is 10.2 Å². The molecule has 1 aliphatic rings. The first kappa shape index (κ1) is 15.3. The van der Waals surface area contributed by atoms with Crippen LogP contribution in [0, 0.1) is 11.7 Å². The van der Waals surface area contributed by atoms with Crippen LogP contribution >= 0.6 is 11.8 Å². The molecule has 1 amide bonds. The van der Waals surface area contributed by atoms with Gasteiger partial charge in [-0.1, -0.05) is 19.1 Å². The van der Waals surface area contributed by atoms with Crippen LogP contribution in [0.25, 0.3) is 0 Å². The second-order valence-electron chi connectivity index (χ2n) is 5.16. The van der Waals surface area contributed by atoms with Gasteiger partial charge in [0.15, 0.2) is 0 Å². The van der Waals surface area contributed by atoms with E-state index >= 15 is 0 Å². The van der Waals surface area contributed by atoms with Crippen molar-refractivity contribution in [3.05, 3.63) is 35.6 Å². The summed E-state index contributed by atoms with van der Waals surface area (Å²) in [6.45, 7) is 4.12. The zero-order valence-corrected chi connectivity index (χ0v) is 12.8. The van der Waals surface area contributed by atoms with Crippen LogP contribution < -0.4 is 5.32 Å². The fraction of sp³-hybridized carbons (Fsp3) is 0.533. The minimum Gasteiger partial charge on any atom is -0.333 e. The van der Waals surface area contributed by atoms with Gasteiger partial charge >= 0.3 is 0 Å². The van der Waals surface area contributed by atoms with Crippen LogP contribution in [-0.2, 0) is 4.79 Å². The summed E-state index contributed by atoms with van der Waals surface area (Å²) in [5, 5.41) is 3.29. The Morgan fingerprint density at radius 1 is 1.60 bits per heavy atom. The molecule has 0 saturated carbocycles. The lowest BCUT2D eigenvalue weighted by Crippen LogP contribution is -2.50. The summed E-state index contributed by atoms with van der Waals surface area (Å²) in [6, 6.07) is 6.48. The highest BCUT2D eigenvalue weighted by Gasteiger charge is 2.30. The molecule has 0 bridgehead atoms. The van der Waals surface area contributed by atoms with Crippen molar-refractivity contribution in [3.63, 3.8) is 0 Å².